The molecule has 0 fully saturated rings. The molecule has 0 atom stereocenters. The highest BCUT2D eigenvalue weighted by molar-refractivity contribution is 6.19. The fourth-order valence-electron chi connectivity index (χ4n) is 13.3. The van der Waals surface area contributed by atoms with Crippen molar-refractivity contribution in [2.75, 3.05) is 0 Å². The van der Waals surface area contributed by atoms with Crippen molar-refractivity contribution in [3.8, 4) is 89.0 Å². The van der Waals surface area contributed by atoms with Gasteiger partial charge in [0.25, 0.3) is 0 Å². The zero-order valence-corrected chi connectivity index (χ0v) is 35.9. The van der Waals surface area contributed by atoms with Crippen molar-refractivity contribution in [3.05, 3.63) is 190 Å². The second kappa shape index (κ2) is 10.9. The Balaban J connectivity index is 1.34. The van der Waals surface area contributed by atoms with E-state index in [1.54, 1.807) is 0 Å². The van der Waals surface area contributed by atoms with Crippen LogP contribution < -0.4 is 0 Å². The van der Waals surface area contributed by atoms with Crippen LogP contribution in [0.5, 0.6) is 0 Å². The lowest BCUT2D eigenvalue weighted by Crippen LogP contribution is -2.21. The van der Waals surface area contributed by atoms with Crippen molar-refractivity contribution in [2.45, 2.75) is 77.0 Å². The summed E-state index contributed by atoms with van der Waals surface area (Å²) in [6.07, 6.45) is 0. The summed E-state index contributed by atoms with van der Waals surface area (Å²) >= 11 is 0. The summed E-state index contributed by atoms with van der Waals surface area (Å²) in [4.78, 5) is 0. The lowest BCUT2D eigenvalue weighted by molar-refractivity contribution is 0.645. The molecule has 0 nitrogen and oxygen atoms in total. The van der Waals surface area contributed by atoms with E-state index in [2.05, 4.69) is 201 Å². The van der Waals surface area contributed by atoms with Crippen molar-refractivity contribution in [1.29, 1.82) is 0 Å². The molecule has 0 unspecified atom stereocenters. The Kier molecular flexibility index (Phi) is 6.30. The van der Waals surface area contributed by atoms with E-state index in [0.717, 1.165) is 0 Å². The standard InChI is InChI=1S/C60H48/c1-57(2)41-29-38(34-23-15-10-16-24-34)54-50-45(41)49-46-42(30-37(53(49)57)33-21-13-9-14-22-33)58(3,4)55-39(35-25-17-11-18-26-35)32-44-48(51(46)55)52-47(50)43(59(54,5)6)31-40(56(52)60(44,7)8)36-27-19-12-20-28-36/h9-32H,1-8H3. The highest BCUT2D eigenvalue weighted by atomic mass is 14.6. The summed E-state index contributed by atoms with van der Waals surface area (Å²) < 4.78 is 0. The van der Waals surface area contributed by atoms with Gasteiger partial charge in [0.1, 0.15) is 0 Å². The third-order valence-corrected chi connectivity index (χ3v) is 15.8. The monoisotopic (exact) mass is 768 g/mol. The Morgan fingerprint density at radius 1 is 0.233 bits per heavy atom. The molecular formula is C60H48. The molecule has 5 aliphatic carbocycles. The van der Waals surface area contributed by atoms with Crippen molar-refractivity contribution >= 4 is 0 Å². The molecule has 0 radical (unpaired) electrons. The fourth-order valence-corrected chi connectivity index (χ4v) is 13.3. The molecule has 13 rings (SSSR count). The van der Waals surface area contributed by atoms with Gasteiger partial charge in [-0.3, -0.25) is 0 Å². The van der Waals surface area contributed by atoms with Crippen LogP contribution in [0.1, 0.15) is 99.9 Å². The van der Waals surface area contributed by atoms with E-state index >= 15 is 0 Å². The molecule has 0 heteroatoms. The van der Waals surface area contributed by atoms with Crippen LogP contribution in [0, 0.1) is 0 Å². The van der Waals surface area contributed by atoms with E-state index in [9.17, 15) is 0 Å². The van der Waals surface area contributed by atoms with Crippen LogP contribution in [0.3, 0.4) is 0 Å². The van der Waals surface area contributed by atoms with Crippen molar-refractivity contribution in [1.82, 2.24) is 0 Å². The Labute approximate surface area is 354 Å². The number of benzene rings is 8. The maximum Gasteiger partial charge on any atom is 0.0165 e. The quantitative estimate of drug-likeness (QED) is 0.167. The van der Waals surface area contributed by atoms with Crippen LogP contribution in [-0.2, 0) is 21.7 Å². The first-order chi connectivity index (χ1) is 28.8. The molecule has 288 valence electrons. The molecule has 8 aromatic carbocycles. The van der Waals surface area contributed by atoms with Gasteiger partial charge in [-0.15, -0.1) is 0 Å². The minimum Gasteiger partial charge on any atom is -0.0622 e. The van der Waals surface area contributed by atoms with E-state index in [1.807, 2.05) is 0 Å². The largest absolute Gasteiger partial charge is 0.0622 e. The third kappa shape index (κ3) is 3.86. The van der Waals surface area contributed by atoms with Crippen molar-refractivity contribution < 1.29 is 0 Å². The first-order valence-electron chi connectivity index (χ1n) is 22.0. The van der Waals surface area contributed by atoms with Gasteiger partial charge in [-0.2, -0.15) is 0 Å². The SMILES string of the molecule is CC1(C)c2cc(-c3ccccc3)c3c4c2-c2c5c(cc(-c6ccccc6)c21)C(C)(C)c1c(-c2ccccc2)cc2c(c1-5)-c1c-4c(cc(-c4ccccc4)c1C2(C)C)C3(C)C. The van der Waals surface area contributed by atoms with Crippen molar-refractivity contribution in [3.63, 3.8) is 0 Å². The summed E-state index contributed by atoms with van der Waals surface area (Å²) in [5.74, 6) is 0. The van der Waals surface area contributed by atoms with E-state index in [-0.39, 0.29) is 21.7 Å². The molecule has 60 heavy (non-hydrogen) atoms. The molecule has 8 aromatic rings. The van der Waals surface area contributed by atoms with Crippen LogP contribution in [0.4, 0.5) is 0 Å². The molecule has 0 saturated heterocycles. The average Bonchev–Trinajstić information content (AvgIpc) is 3.84. The molecule has 0 heterocycles. The molecule has 0 bridgehead atoms. The summed E-state index contributed by atoms with van der Waals surface area (Å²) in [6.45, 7) is 20.1. The Bertz CT molecular complexity index is 2770. The third-order valence-electron chi connectivity index (χ3n) is 15.8. The highest BCUT2D eigenvalue weighted by Crippen LogP contribution is 2.74. The van der Waals surface area contributed by atoms with Gasteiger partial charge in [0.2, 0.25) is 0 Å². The van der Waals surface area contributed by atoms with Crippen molar-refractivity contribution in [2.24, 2.45) is 0 Å². The molecular weight excluding hydrogens is 721 g/mol. The lowest BCUT2D eigenvalue weighted by Gasteiger charge is -2.30. The fraction of sp³-hybridized carbons (Fsp3) is 0.200. The van der Waals surface area contributed by atoms with E-state index in [1.165, 1.54) is 134 Å². The predicted molar refractivity (Wildman–Crippen MR) is 252 cm³/mol. The van der Waals surface area contributed by atoms with Crippen LogP contribution in [0.25, 0.3) is 89.0 Å². The molecule has 0 saturated carbocycles. The molecule has 5 aliphatic rings. The Morgan fingerprint density at radius 2 is 0.417 bits per heavy atom. The van der Waals surface area contributed by atoms with Gasteiger partial charge in [0, 0.05) is 21.7 Å². The minimum atomic E-state index is -0.260. The normalized spacial score (nSPS) is 17.2. The first kappa shape index (κ1) is 34.6. The Hall–Kier alpha value is -6.24. The highest BCUT2D eigenvalue weighted by Gasteiger charge is 2.56. The predicted octanol–water partition coefficient (Wildman–Crippen LogP) is 15.9. The lowest BCUT2D eigenvalue weighted by atomic mass is 9.73. The summed E-state index contributed by atoms with van der Waals surface area (Å²) in [6, 6.07) is 55.6. The molecule has 0 aliphatic heterocycles. The summed E-state index contributed by atoms with van der Waals surface area (Å²) in [7, 11) is 0. The topological polar surface area (TPSA) is 0 Å². The van der Waals surface area contributed by atoms with Gasteiger partial charge in [0.15, 0.2) is 0 Å². The van der Waals surface area contributed by atoms with Crippen LogP contribution in [0.15, 0.2) is 146 Å². The second-order valence-electron chi connectivity index (χ2n) is 20.4. The van der Waals surface area contributed by atoms with E-state index < -0.39 is 0 Å². The van der Waals surface area contributed by atoms with Gasteiger partial charge in [-0.1, -0.05) is 177 Å². The second-order valence-corrected chi connectivity index (χ2v) is 20.4. The molecule has 0 N–H and O–H groups in total. The smallest absolute Gasteiger partial charge is 0.0165 e. The van der Waals surface area contributed by atoms with E-state index in [0.29, 0.717) is 0 Å². The summed E-state index contributed by atoms with van der Waals surface area (Å²) in [5, 5.41) is 0. The van der Waals surface area contributed by atoms with Crippen LogP contribution in [0.2, 0.25) is 0 Å². The number of hydrogen-bond donors (Lipinski definition) is 0. The number of hydrogen-bond acceptors (Lipinski definition) is 0. The zero-order valence-electron chi connectivity index (χ0n) is 35.9. The maximum atomic E-state index is 2.63. The Morgan fingerprint density at radius 3 is 0.600 bits per heavy atom. The van der Waals surface area contributed by atoms with E-state index in [4.69, 9.17) is 0 Å². The molecule has 0 aromatic heterocycles. The molecule has 0 amide bonds. The van der Waals surface area contributed by atoms with Gasteiger partial charge in [-0.05, 0) is 158 Å². The average molecular weight is 769 g/mol. The van der Waals surface area contributed by atoms with Crippen LogP contribution >= 0.6 is 0 Å². The van der Waals surface area contributed by atoms with Crippen LogP contribution in [-0.4, -0.2) is 0 Å². The maximum absolute atomic E-state index is 2.63. The van der Waals surface area contributed by atoms with Gasteiger partial charge in [0.05, 0.1) is 0 Å². The van der Waals surface area contributed by atoms with Gasteiger partial charge < -0.3 is 0 Å². The summed E-state index contributed by atoms with van der Waals surface area (Å²) in [5.41, 5.74) is 33.2. The zero-order chi connectivity index (χ0) is 40.8. The molecule has 0 spiro atoms. The number of rotatable bonds is 4. The van der Waals surface area contributed by atoms with Gasteiger partial charge >= 0.3 is 0 Å². The minimum absolute atomic E-state index is 0.260. The first-order valence-corrected chi connectivity index (χ1v) is 22.0. The van der Waals surface area contributed by atoms with Gasteiger partial charge in [-0.25, -0.2) is 0 Å².